The number of hydrogen-bond donors (Lipinski definition) is 1. The molecule has 1 aliphatic rings. The monoisotopic (exact) mass is 291 g/mol. The van der Waals surface area contributed by atoms with E-state index >= 15 is 0 Å². The van der Waals surface area contributed by atoms with Crippen LogP contribution < -0.4 is 14.8 Å². The Hall–Kier alpha value is -1.22. The Bertz CT molecular complexity index is 408. The minimum absolute atomic E-state index is 0.651. The SMILES string of the molecule is CCOc1ccccc1OCCC1CCCCCC1NC. The zero-order valence-electron chi connectivity index (χ0n) is 13.4. The summed E-state index contributed by atoms with van der Waals surface area (Å²) in [6, 6.07) is 8.60. The minimum atomic E-state index is 0.651. The molecule has 0 saturated heterocycles. The van der Waals surface area contributed by atoms with E-state index in [-0.39, 0.29) is 0 Å². The Morgan fingerprint density at radius 2 is 1.76 bits per heavy atom. The third kappa shape index (κ3) is 4.92. The van der Waals surface area contributed by atoms with Crippen molar-refractivity contribution in [1.29, 1.82) is 0 Å². The van der Waals surface area contributed by atoms with Gasteiger partial charge in [-0.3, -0.25) is 0 Å². The molecule has 1 aromatic carbocycles. The number of nitrogens with one attached hydrogen (secondary N) is 1. The van der Waals surface area contributed by atoms with Crippen molar-refractivity contribution in [2.24, 2.45) is 5.92 Å². The van der Waals surface area contributed by atoms with E-state index in [2.05, 4.69) is 12.4 Å². The lowest BCUT2D eigenvalue weighted by Gasteiger charge is -2.24. The van der Waals surface area contributed by atoms with Gasteiger partial charge in [0, 0.05) is 6.04 Å². The molecule has 0 aliphatic heterocycles. The molecule has 2 atom stereocenters. The van der Waals surface area contributed by atoms with Crippen molar-refractivity contribution in [2.45, 2.75) is 51.5 Å². The number of rotatable bonds is 7. The normalized spacial score (nSPS) is 22.6. The Balaban J connectivity index is 1.85. The van der Waals surface area contributed by atoms with Gasteiger partial charge in [0.2, 0.25) is 0 Å². The van der Waals surface area contributed by atoms with Gasteiger partial charge in [-0.2, -0.15) is 0 Å². The molecule has 118 valence electrons. The Kier molecular flexibility index (Phi) is 6.87. The summed E-state index contributed by atoms with van der Waals surface area (Å²) in [7, 11) is 2.09. The molecule has 2 rings (SSSR count). The molecule has 1 aromatic rings. The predicted octanol–water partition coefficient (Wildman–Crippen LogP) is 4.02. The van der Waals surface area contributed by atoms with Crippen molar-refractivity contribution < 1.29 is 9.47 Å². The second kappa shape index (κ2) is 8.93. The van der Waals surface area contributed by atoms with Crippen LogP contribution in [0, 0.1) is 5.92 Å². The first-order chi connectivity index (χ1) is 10.3. The largest absolute Gasteiger partial charge is 0.490 e. The summed E-state index contributed by atoms with van der Waals surface area (Å²) >= 11 is 0. The molecular formula is C18H29NO2. The van der Waals surface area contributed by atoms with Gasteiger partial charge >= 0.3 is 0 Å². The summed E-state index contributed by atoms with van der Waals surface area (Å²) in [6.45, 7) is 3.44. The van der Waals surface area contributed by atoms with Gasteiger partial charge in [0.05, 0.1) is 13.2 Å². The molecule has 3 heteroatoms. The minimum Gasteiger partial charge on any atom is -0.490 e. The van der Waals surface area contributed by atoms with Crippen LogP contribution in [0.25, 0.3) is 0 Å². The molecule has 2 unspecified atom stereocenters. The van der Waals surface area contributed by atoms with Crippen LogP contribution in [0.4, 0.5) is 0 Å². The lowest BCUT2D eigenvalue weighted by Crippen LogP contribution is -2.33. The average Bonchev–Trinajstić information content (AvgIpc) is 2.74. The van der Waals surface area contributed by atoms with E-state index in [0.717, 1.165) is 30.4 Å². The van der Waals surface area contributed by atoms with Crippen molar-refractivity contribution in [3.8, 4) is 11.5 Å². The molecule has 1 aliphatic carbocycles. The van der Waals surface area contributed by atoms with Crippen LogP contribution >= 0.6 is 0 Å². The predicted molar refractivity (Wildman–Crippen MR) is 87.1 cm³/mol. The molecule has 1 fully saturated rings. The third-order valence-corrected chi connectivity index (χ3v) is 4.43. The molecule has 0 radical (unpaired) electrons. The quantitative estimate of drug-likeness (QED) is 0.770. The smallest absolute Gasteiger partial charge is 0.161 e. The molecular weight excluding hydrogens is 262 g/mol. The fourth-order valence-electron chi connectivity index (χ4n) is 3.27. The van der Waals surface area contributed by atoms with Crippen molar-refractivity contribution in [3.05, 3.63) is 24.3 Å². The highest BCUT2D eigenvalue weighted by Crippen LogP contribution is 2.29. The molecule has 0 aromatic heterocycles. The summed E-state index contributed by atoms with van der Waals surface area (Å²) in [5.41, 5.74) is 0. The van der Waals surface area contributed by atoms with Crippen molar-refractivity contribution in [3.63, 3.8) is 0 Å². The number of para-hydroxylation sites is 2. The highest BCUT2D eigenvalue weighted by molar-refractivity contribution is 5.39. The summed E-state index contributed by atoms with van der Waals surface area (Å²) in [4.78, 5) is 0. The van der Waals surface area contributed by atoms with E-state index in [1.165, 1.54) is 32.1 Å². The van der Waals surface area contributed by atoms with E-state index < -0.39 is 0 Å². The standard InChI is InChI=1S/C18H29NO2/c1-3-20-17-11-7-8-12-18(17)21-14-13-15-9-5-4-6-10-16(15)19-2/h7-8,11-12,15-16,19H,3-6,9-10,13-14H2,1-2H3. The summed E-state index contributed by atoms with van der Waals surface area (Å²) in [6.07, 6.45) is 7.84. The fourth-order valence-corrected chi connectivity index (χ4v) is 3.27. The molecule has 0 bridgehead atoms. The van der Waals surface area contributed by atoms with Gasteiger partial charge in [-0.25, -0.2) is 0 Å². The molecule has 0 heterocycles. The lowest BCUT2D eigenvalue weighted by atomic mass is 9.92. The summed E-state index contributed by atoms with van der Waals surface area (Å²) in [5.74, 6) is 2.46. The van der Waals surface area contributed by atoms with Crippen LogP contribution in [0.2, 0.25) is 0 Å². The molecule has 21 heavy (non-hydrogen) atoms. The molecule has 0 spiro atoms. The van der Waals surface area contributed by atoms with E-state index in [1.807, 2.05) is 31.2 Å². The second-order valence-corrected chi connectivity index (χ2v) is 5.81. The Labute approximate surface area is 129 Å². The van der Waals surface area contributed by atoms with Gasteiger partial charge in [-0.1, -0.05) is 31.4 Å². The average molecular weight is 291 g/mol. The first kappa shape index (κ1) is 16.2. The van der Waals surface area contributed by atoms with E-state index in [9.17, 15) is 0 Å². The lowest BCUT2D eigenvalue weighted by molar-refractivity contribution is 0.230. The van der Waals surface area contributed by atoms with Crippen molar-refractivity contribution in [1.82, 2.24) is 5.32 Å². The highest BCUT2D eigenvalue weighted by atomic mass is 16.5. The van der Waals surface area contributed by atoms with Gasteiger partial charge in [0.1, 0.15) is 0 Å². The van der Waals surface area contributed by atoms with Gasteiger partial charge in [0.25, 0.3) is 0 Å². The zero-order valence-corrected chi connectivity index (χ0v) is 13.4. The van der Waals surface area contributed by atoms with Gasteiger partial charge in [-0.05, 0) is 51.3 Å². The Morgan fingerprint density at radius 3 is 2.48 bits per heavy atom. The molecule has 0 amide bonds. The van der Waals surface area contributed by atoms with Gasteiger partial charge < -0.3 is 14.8 Å². The second-order valence-electron chi connectivity index (χ2n) is 5.81. The first-order valence-corrected chi connectivity index (χ1v) is 8.37. The number of benzene rings is 1. The number of hydrogen-bond acceptors (Lipinski definition) is 3. The van der Waals surface area contributed by atoms with Crippen LogP contribution in [0.3, 0.4) is 0 Å². The molecule has 3 nitrogen and oxygen atoms in total. The van der Waals surface area contributed by atoms with E-state index in [1.54, 1.807) is 0 Å². The fraction of sp³-hybridized carbons (Fsp3) is 0.667. The molecule has 1 saturated carbocycles. The van der Waals surface area contributed by atoms with Crippen molar-refractivity contribution in [2.75, 3.05) is 20.3 Å². The van der Waals surface area contributed by atoms with Crippen LogP contribution in [-0.4, -0.2) is 26.3 Å². The summed E-state index contributed by atoms with van der Waals surface area (Å²) in [5, 5.41) is 3.49. The first-order valence-electron chi connectivity index (χ1n) is 8.37. The number of ether oxygens (including phenoxy) is 2. The summed E-state index contributed by atoms with van der Waals surface area (Å²) < 4.78 is 11.6. The van der Waals surface area contributed by atoms with Gasteiger partial charge in [0.15, 0.2) is 11.5 Å². The van der Waals surface area contributed by atoms with Crippen molar-refractivity contribution >= 4 is 0 Å². The van der Waals surface area contributed by atoms with E-state index in [0.29, 0.717) is 12.6 Å². The highest BCUT2D eigenvalue weighted by Gasteiger charge is 2.22. The van der Waals surface area contributed by atoms with Crippen LogP contribution in [-0.2, 0) is 0 Å². The topological polar surface area (TPSA) is 30.5 Å². The van der Waals surface area contributed by atoms with Gasteiger partial charge in [-0.15, -0.1) is 0 Å². The Morgan fingerprint density at radius 1 is 1.05 bits per heavy atom. The van der Waals surface area contributed by atoms with Crippen LogP contribution in [0.1, 0.15) is 45.4 Å². The van der Waals surface area contributed by atoms with E-state index in [4.69, 9.17) is 9.47 Å². The van der Waals surface area contributed by atoms with Crippen LogP contribution in [0.15, 0.2) is 24.3 Å². The maximum absolute atomic E-state index is 5.97. The third-order valence-electron chi connectivity index (χ3n) is 4.43. The molecule has 1 N–H and O–H groups in total. The van der Waals surface area contributed by atoms with Crippen LogP contribution in [0.5, 0.6) is 11.5 Å². The maximum Gasteiger partial charge on any atom is 0.161 e. The zero-order chi connectivity index (χ0) is 14.9. The maximum atomic E-state index is 5.97.